The van der Waals surface area contributed by atoms with Crippen molar-refractivity contribution in [1.29, 1.82) is 0 Å². The molecule has 0 heterocycles. The molecule has 2 nitrogen and oxygen atoms in total. The molecule has 2 aromatic rings. The van der Waals surface area contributed by atoms with Crippen LogP contribution in [0.5, 0.6) is 0 Å². The molecule has 0 fully saturated rings. The monoisotopic (exact) mass is 239 g/mol. The Morgan fingerprint density at radius 1 is 0.625 bits per heavy atom. The molecule has 0 aromatic heterocycles. The summed E-state index contributed by atoms with van der Waals surface area (Å²) in [6.07, 6.45) is 0. The summed E-state index contributed by atoms with van der Waals surface area (Å²) in [7, 11) is -3.46. The van der Waals surface area contributed by atoms with Crippen molar-refractivity contribution in [2.24, 2.45) is 0 Å². The van der Waals surface area contributed by atoms with E-state index < -0.39 is 8.56 Å². The van der Waals surface area contributed by atoms with Gasteiger partial charge in [-0.25, -0.2) is 0 Å². The predicted molar refractivity (Wildman–Crippen MR) is 62.3 cm³/mol. The third-order valence-electron chi connectivity index (χ3n) is 2.35. The van der Waals surface area contributed by atoms with Crippen molar-refractivity contribution in [3.8, 4) is 0 Å². The van der Waals surface area contributed by atoms with Crippen LogP contribution in [0.15, 0.2) is 60.7 Å². The van der Waals surface area contributed by atoms with Crippen LogP contribution in [0.25, 0.3) is 0 Å². The first-order valence-electron chi connectivity index (χ1n) is 4.77. The molecule has 0 amide bonds. The Morgan fingerprint density at radius 2 is 0.938 bits per heavy atom. The average molecular weight is 239 g/mol. The van der Waals surface area contributed by atoms with Crippen LogP contribution in [0.4, 0.5) is 0 Å². The van der Waals surface area contributed by atoms with E-state index in [1.807, 2.05) is 36.4 Å². The summed E-state index contributed by atoms with van der Waals surface area (Å²) in [4.78, 5) is 20.3. The van der Waals surface area contributed by atoms with Crippen molar-refractivity contribution in [3.05, 3.63) is 60.7 Å². The van der Waals surface area contributed by atoms with E-state index in [0.29, 0.717) is 10.4 Å². The van der Waals surface area contributed by atoms with Gasteiger partial charge in [-0.15, -0.1) is 0 Å². The minimum atomic E-state index is -3.46. The van der Waals surface area contributed by atoms with Crippen molar-refractivity contribution in [2.75, 3.05) is 0 Å². The second kappa shape index (κ2) is 5.77. The summed E-state index contributed by atoms with van der Waals surface area (Å²) < 4.78 is 0. The van der Waals surface area contributed by atoms with Gasteiger partial charge in [0, 0.05) is 0 Å². The standard InChI is InChI=1S/C12H12O2Si.Na/c13-15(14,11-7-3-1-4-8-11)12-9-5-2-6-10-12;/h1-10,13-14H;/q;+1. The minimum absolute atomic E-state index is 0. The quantitative estimate of drug-likeness (QED) is 0.557. The van der Waals surface area contributed by atoms with E-state index in [2.05, 4.69) is 0 Å². The molecule has 4 heteroatoms. The van der Waals surface area contributed by atoms with Crippen molar-refractivity contribution >= 4 is 18.9 Å². The Bertz CT molecular complexity index is 390. The van der Waals surface area contributed by atoms with Crippen molar-refractivity contribution in [2.45, 2.75) is 0 Å². The molecular formula is C12H12NaO2Si+. The second-order valence-corrected chi connectivity index (χ2v) is 5.90. The van der Waals surface area contributed by atoms with Gasteiger partial charge in [-0.3, -0.25) is 0 Å². The van der Waals surface area contributed by atoms with Gasteiger partial charge in [0.15, 0.2) is 0 Å². The number of rotatable bonds is 2. The van der Waals surface area contributed by atoms with Crippen LogP contribution in [-0.2, 0) is 0 Å². The van der Waals surface area contributed by atoms with E-state index in [-0.39, 0.29) is 29.6 Å². The van der Waals surface area contributed by atoms with E-state index in [1.165, 1.54) is 0 Å². The zero-order valence-corrected chi connectivity index (χ0v) is 12.2. The number of hydrogen-bond acceptors (Lipinski definition) is 2. The van der Waals surface area contributed by atoms with Gasteiger partial charge in [-0.1, -0.05) is 60.7 Å². The molecule has 0 radical (unpaired) electrons. The van der Waals surface area contributed by atoms with Gasteiger partial charge >= 0.3 is 38.1 Å². The van der Waals surface area contributed by atoms with E-state index in [1.54, 1.807) is 24.3 Å². The molecule has 0 bridgehead atoms. The first-order valence-corrected chi connectivity index (χ1v) is 6.66. The summed E-state index contributed by atoms with van der Waals surface area (Å²) in [6.45, 7) is 0. The third kappa shape index (κ3) is 2.82. The SMILES string of the molecule is O[Si](O)(c1ccccc1)c1ccccc1.[Na+]. The van der Waals surface area contributed by atoms with Crippen molar-refractivity contribution in [3.63, 3.8) is 0 Å². The molecule has 0 saturated heterocycles. The predicted octanol–water partition coefficient (Wildman–Crippen LogP) is -2.77. The normalized spacial score (nSPS) is 10.6. The molecule has 2 rings (SSSR count). The van der Waals surface area contributed by atoms with E-state index >= 15 is 0 Å². The average Bonchev–Trinajstić information content (AvgIpc) is 2.31. The molecule has 76 valence electrons. The number of hydrogen-bond donors (Lipinski definition) is 2. The van der Waals surface area contributed by atoms with Crippen molar-refractivity contribution < 1.29 is 39.1 Å². The molecule has 2 N–H and O–H groups in total. The Balaban J connectivity index is 0.00000128. The Hall–Kier alpha value is -0.423. The maximum Gasteiger partial charge on any atom is 1.00 e. The minimum Gasteiger partial charge on any atom is -0.404 e. The Labute approximate surface area is 118 Å². The molecule has 0 spiro atoms. The first-order chi connectivity index (χ1) is 7.21. The zero-order valence-electron chi connectivity index (χ0n) is 9.17. The van der Waals surface area contributed by atoms with Crippen LogP contribution >= 0.6 is 0 Å². The van der Waals surface area contributed by atoms with Crippen LogP contribution in [0.1, 0.15) is 0 Å². The summed E-state index contributed by atoms with van der Waals surface area (Å²) in [5.74, 6) is 0. The smallest absolute Gasteiger partial charge is 0.404 e. The van der Waals surface area contributed by atoms with Gasteiger partial charge in [0.1, 0.15) is 0 Å². The van der Waals surface area contributed by atoms with E-state index in [0.717, 1.165) is 0 Å². The fourth-order valence-corrected chi connectivity index (χ4v) is 3.16. The number of benzene rings is 2. The fourth-order valence-electron chi connectivity index (χ4n) is 1.51. The summed E-state index contributed by atoms with van der Waals surface area (Å²) >= 11 is 0. The third-order valence-corrected chi connectivity index (χ3v) is 4.63. The molecule has 0 aliphatic carbocycles. The van der Waals surface area contributed by atoms with Crippen LogP contribution in [0, 0.1) is 0 Å². The van der Waals surface area contributed by atoms with Gasteiger partial charge in [0.2, 0.25) is 0 Å². The molecule has 0 saturated carbocycles. The summed E-state index contributed by atoms with van der Waals surface area (Å²) in [6, 6.07) is 18.0. The van der Waals surface area contributed by atoms with Crippen LogP contribution in [-0.4, -0.2) is 18.2 Å². The maximum absolute atomic E-state index is 10.2. The maximum atomic E-state index is 10.2. The van der Waals surface area contributed by atoms with Crippen LogP contribution < -0.4 is 39.9 Å². The summed E-state index contributed by atoms with van der Waals surface area (Å²) in [5, 5.41) is 1.22. The van der Waals surface area contributed by atoms with E-state index in [9.17, 15) is 9.59 Å². The Morgan fingerprint density at radius 3 is 1.25 bits per heavy atom. The van der Waals surface area contributed by atoms with Gasteiger partial charge in [0.05, 0.1) is 0 Å². The van der Waals surface area contributed by atoms with Gasteiger partial charge in [-0.05, 0) is 10.4 Å². The van der Waals surface area contributed by atoms with E-state index in [4.69, 9.17) is 0 Å². The van der Waals surface area contributed by atoms with Gasteiger partial charge in [-0.2, -0.15) is 0 Å². The van der Waals surface area contributed by atoms with Crippen LogP contribution in [0.2, 0.25) is 0 Å². The largest absolute Gasteiger partial charge is 1.00 e. The molecule has 0 aliphatic rings. The fraction of sp³-hybridized carbons (Fsp3) is 0. The molecule has 0 unspecified atom stereocenters. The molecular weight excluding hydrogens is 227 g/mol. The zero-order chi connectivity index (χ0) is 10.7. The van der Waals surface area contributed by atoms with Gasteiger partial charge in [0.25, 0.3) is 0 Å². The van der Waals surface area contributed by atoms with Crippen molar-refractivity contribution in [1.82, 2.24) is 0 Å². The molecule has 16 heavy (non-hydrogen) atoms. The first kappa shape index (κ1) is 13.6. The van der Waals surface area contributed by atoms with Gasteiger partial charge < -0.3 is 9.59 Å². The molecule has 0 aliphatic heterocycles. The van der Waals surface area contributed by atoms with Crippen LogP contribution in [0.3, 0.4) is 0 Å². The topological polar surface area (TPSA) is 40.5 Å². The summed E-state index contributed by atoms with van der Waals surface area (Å²) in [5.41, 5.74) is 0. The Kier molecular flexibility index (Phi) is 4.92. The molecule has 0 atom stereocenters. The second-order valence-electron chi connectivity index (χ2n) is 3.40. The molecule has 2 aromatic carbocycles.